The van der Waals surface area contributed by atoms with Crippen molar-refractivity contribution in [1.82, 2.24) is 4.90 Å². The smallest absolute Gasteiger partial charge is 0.0483 e. The first-order chi connectivity index (χ1) is 13.9. The summed E-state index contributed by atoms with van der Waals surface area (Å²) in [7, 11) is 0. The lowest BCUT2D eigenvalue weighted by Crippen LogP contribution is -2.44. The third-order valence-corrected chi connectivity index (χ3v) is 6.95. The summed E-state index contributed by atoms with van der Waals surface area (Å²) in [6, 6.07) is 27.7. The molecule has 0 amide bonds. The maximum atomic E-state index is 2.72. The van der Waals surface area contributed by atoms with Crippen LogP contribution in [0, 0.1) is 0 Å². The Morgan fingerprint density at radius 1 is 0.786 bits per heavy atom. The largest absolute Gasteiger partial charge is 0.337 e. The molecule has 3 aromatic carbocycles. The number of likely N-dealkylation sites (tertiary alicyclic amines) is 1. The highest BCUT2D eigenvalue weighted by Crippen LogP contribution is 2.52. The Morgan fingerprint density at radius 3 is 2.50 bits per heavy atom. The van der Waals surface area contributed by atoms with E-state index in [4.69, 9.17) is 0 Å². The fourth-order valence-corrected chi connectivity index (χ4v) is 5.70. The molecule has 0 aromatic heterocycles. The Hall–Kier alpha value is -2.58. The first-order valence-corrected chi connectivity index (χ1v) is 10.6. The third kappa shape index (κ3) is 2.51. The summed E-state index contributed by atoms with van der Waals surface area (Å²) in [6.07, 6.45) is 3.55. The summed E-state index contributed by atoms with van der Waals surface area (Å²) in [5, 5.41) is 0. The Bertz CT molecular complexity index is 1010. The van der Waals surface area contributed by atoms with E-state index in [-0.39, 0.29) is 0 Å². The Balaban J connectivity index is 1.39. The lowest BCUT2D eigenvalue weighted by molar-refractivity contribution is 0.189. The standard InChI is InChI=1S/C26H26N2/c1-2-7-19(8-3-1)17-27-16-15-25-23(18-27)22-11-6-10-21-14-13-20-9-4-5-12-24(20)28(25)26(21)22/h1-12,23,25H,13-18H2. The van der Waals surface area contributed by atoms with Gasteiger partial charge in [0.25, 0.3) is 0 Å². The van der Waals surface area contributed by atoms with Crippen LogP contribution in [0.15, 0.2) is 72.8 Å². The molecule has 3 aromatic rings. The van der Waals surface area contributed by atoms with Gasteiger partial charge in [0.2, 0.25) is 0 Å². The SMILES string of the molecule is c1ccc(CN2CCC3C(C2)c2cccc4c2N3c2ccccc2CC4)cc1. The first kappa shape index (κ1) is 16.4. The van der Waals surface area contributed by atoms with E-state index >= 15 is 0 Å². The van der Waals surface area contributed by atoms with Gasteiger partial charge in [-0.2, -0.15) is 0 Å². The molecule has 1 fully saturated rings. The molecule has 2 unspecified atom stereocenters. The number of fused-ring (bicyclic) bond motifs is 5. The molecule has 0 bridgehead atoms. The highest BCUT2D eigenvalue weighted by atomic mass is 15.2. The molecule has 0 N–H and O–H groups in total. The van der Waals surface area contributed by atoms with E-state index in [2.05, 4.69) is 82.6 Å². The molecule has 0 radical (unpaired) electrons. The number of aryl methyl sites for hydroxylation is 2. The van der Waals surface area contributed by atoms with Crippen LogP contribution in [-0.2, 0) is 19.4 Å². The number of benzene rings is 3. The van der Waals surface area contributed by atoms with Gasteiger partial charge in [-0.05, 0) is 47.6 Å². The molecule has 3 aliphatic heterocycles. The molecule has 0 spiro atoms. The van der Waals surface area contributed by atoms with Crippen LogP contribution in [0.5, 0.6) is 0 Å². The van der Waals surface area contributed by atoms with Crippen molar-refractivity contribution in [1.29, 1.82) is 0 Å². The molecule has 2 nitrogen and oxygen atoms in total. The fraction of sp³-hybridized carbons (Fsp3) is 0.308. The molecule has 0 saturated carbocycles. The maximum Gasteiger partial charge on any atom is 0.0483 e. The van der Waals surface area contributed by atoms with Crippen LogP contribution in [0.4, 0.5) is 11.4 Å². The summed E-state index contributed by atoms with van der Waals surface area (Å²) < 4.78 is 0. The van der Waals surface area contributed by atoms with Crippen molar-refractivity contribution in [2.75, 3.05) is 18.0 Å². The first-order valence-electron chi connectivity index (χ1n) is 10.6. The summed E-state index contributed by atoms with van der Waals surface area (Å²) in [4.78, 5) is 5.38. The number of nitrogens with zero attached hydrogens (tertiary/aromatic N) is 2. The molecule has 6 rings (SSSR count). The van der Waals surface area contributed by atoms with Gasteiger partial charge in [0.15, 0.2) is 0 Å². The van der Waals surface area contributed by atoms with Gasteiger partial charge in [0.1, 0.15) is 0 Å². The van der Waals surface area contributed by atoms with Gasteiger partial charge in [0, 0.05) is 43.0 Å². The van der Waals surface area contributed by atoms with Crippen molar-refractivity contribution < 1.29 is 0 Å². The fourth-order valence-electron chi connectivity index (χ4n) is 5.70. The number of hydrogen-bond donors (Lipinski definition) is 0. The summed E-state index contributed by atoms with van der Waals surface area (Å²) >= 11 is 0. The second-order valence-corrected chi connectivity index (χ2v) is 8.54. The van der Waals surface area contributed by atoms with Gasteiger partial charge in [-0.1, -0.05) is 66.7 Å². The van der Waals surface area contributed by atoms with Gasteiger partial charge in [-0.25, -0.2) is 0 Å². The predicted molar refractivity (Wildman–Crippen MR) is 115 cm³/mol. The minimum atomic E-state index is 0.599. The van der Waals surface area contributed by atoms with Gasteiger partial charge >= 0.3 is 0 Å². The van der Waals surface area contributed by atoms with Gasteiger partial charge < -0.3 is 4.90 Å². The van der Waals surface area contributed by atoms with Crippen LogP contribution < -0.4 is 4.90 Å². The number of rotatable bonds is 2. The van der Waals surface area contributed by atoms with Crippen LogP contribution in [0.3, 0.4) is 0 Å². The van der Waals surface area contributed by atoms with Crippen molar-refractivity contribution in [3.05, 3.63) is 95.1 Å². The molecule has 0 aliphatic carbocycles. The number of para-hydroxylation sites is 2. The Labute approximate surface area is 167 Å². The second kappa shape index (κ2) is 6.49. The van der Waals surface area contributed by atoms with Crippen LogP contribution in [0.1, 0.15) is 34.6 Å². The zero-order valence-electron chi connectivity index (χ0n) is 16.2. The summed E-state index contributed by atoms with van der Waals surface area (Å²) in [6.45, 7) is 3.41. The lowest BCUT2D eigenvalue weighted by Gasteiger charge is -2.39. The van der Waals surface area contributed by atoms with E-state index in [1.807, 2.05) is 0 Å². The normalized spacial score (nSPS) is 22.9. The van der Waals surface area contributed by atoms with Crippen molar-refractivity contribution in [2.24, 2.45) is 0 Å². The summed E-state index contributed by atoms with van der Waals surface area (Å²) in [5.41, 5.74) is 9.05. The molecule has 3 aliphatic rings. The molecule has 28 heavy (non-hydrogen) atoms. The van der Waals surface area contributed by atoms with Gasteiger partial charge in [-0.15, -0.1) is 0 Å². The zero-order chi connectivity index (χ0) is 18.5. The zero-order valence-corrected chi connectivity index (χ0v) is 16.2. The van der Waals surface area contributed by atoms with E-state index in [1.165, 1.54) is 41.0 Å². The average molecular weight is 367 g/mol. The number of anilines is 2. The maximum absolute atomic E-state index is 2.72. The molecule has 140 valence electrons. The number of piperidine rings is 1. The second-order valence-electron chi connectivity index (χ2n) is 8.54. The average Bonchev–Trinajstić information content (AvgIpc) is 2.97. The minimum absolute atomic E-state index is 0.599. The molecular formula is C26H26N2. The van der Waals surface area contributed by atoms with Crippen molar-refractivity contribution in [3.8, 4) is 0 Å². The Morgan fingerprint density at radius 2 is 1.57 bits per heavy atom. The topological polar surface area (TPSA) is 6.48 Å². The molecule has 2 atom stereocenters. The lowest BCUT2D eigenvalue weighted by atomic mass is 9.87. The molecule has 3 heterocycles. The van der Waals surface area contributed by atoms with Gasteiger partial charge in [-0.3, -0.25) is 4.90 Å². The van der Waals surface area contributed by atoms with Crippen molar-refractivity contribution in [3.63, 3.8) is 0 Å². The van der Waals surface area contributed by atoms with Crippen LogP contribution in [0.25, 0.3) is 0 Å². The van der Waals surface area contributed by atoms with Crippen LogP contribution in [0.2, 0.25) is 0 Å². The highest BCUT2D eigenvalue weighted by molar-refractivity contribution is 5.79. The predicted octanol–water partition coefficient (Wildman–Crippen LogP) is 5.30. The van der Waals surface area contributed by atoms with Crippen LogP contribution >= 0.6 is 0 Å². The van der Waals surface area contributed by atoms with Gasteiger partial charge in [0.05, 0.1) is 0 Å². The quantitative estimate of drug-likeness (QED) is 0.608. The van der Waals surface area contributed by atoms with Crippen LogP contribution in [-0.4, -0.2) is 24.0 Å². The number of hydrogen-bond acceptors (Lipinski definition) is 2. The minimum Gasteiger partial charge on any atom is -0.337 e. The van der Waals surface area contributed by atoms with E-state index in [9.17, 15) is 0 Å². The highest BCUT2D eigenvalue weighted by Gasteiger charge is 2.44. The van der Waals surface area contributed by atoms with E-state index in [1.54, 1.807) is 5.56 Å². The van der Waals surface area contributed by atoms with E-state index in [0.29, 0.717) is 12.0 Å². The molecular weight excluding hydrogens is 340 g/mol. The molecule has 2 heteroatoms. The van der Waals surface area contributed by atoms with E-state index < -0.39 is 0 Å². The third-order valence-electron chi connectivity index (χ3n) is 6.95. The van der Waals surface area contributed by atoms with Crippen molar-refractivity contribution in [2.45, 2.75) is 37.8 Å². The Kier molecular flexibility index (Phi) is 3.80. The monoisotopic (exact) mass is 366 g/mol. The molecule has 1 saturated heterocycles. The van der Waals surface area contributed by atoms with Crippen molar-refractivity contribution >= 4 is 11.4 Å². The van der Waals surface area contributed by atoms with E-state index in [0.717, 1.165) is 25.9 Å². The summed E-state index contributed by atoms with van der Waals surface area (Å²) in [5.74, 6) is 0.610.